The van der Waals surface area contributed by atoms with Gasteiger partial charge in [0, 0.05) is 50.2 Å². The van der Waals surface area contributed by atoms with Crippen LogP contribution in [0.15, 0.2) is 36.5 Å². The largest absolute Gasteiger partial charge is 0.394 e. The SMILES string of the molecule is Cc1nn(CCO)cc1CN1CCCN(c2ccccc2)CC1. The molecule has 1 aliphatic heterocycles. The lowest BCUT2D eigenvalue weighted by Crippen LogP contribution is -2.30. The number of rotatable bonds is 5. The average molecular weight is 314 g/mol. The number of para-hydroxylation sites is 1. The van der Waals surface area contributed by atoms with Crippen LogP contribution in [0.4, 0.5) is 5.69 Å². The fraction of sp³-hybridized carbons (Fsp3) is 0.500. The molecule has 1 N–H and O–H groups in total. The minimum absolute atomic E-state index is 0.135. The molecule has 0 spiro atoms. The second-order valence-corrected chi connectivity index (χ2v) is 6.18. The van der Waals surface area contributed by atoms with E-state index in [4.69, 9.17) is 5.11 Å². The molecule has 5 heteroatoms. The van der Waals surface area contributed by atoms with Crippen LogP contribution in [-0.2, 0) is 13.1 Å². The van der Waals surface area contributed by atoms with Gasteiger partial charge in [0.15, 0.2) is 0 Å². The third kappa shape index (κ3) is 4.12. The summed E-state index contributed by atoms with van der Waals surface area (Å²) in [6, 6.07) is 10.7. The second-order valence-electron chi connectivity index (χ2n) is 6.18. The monoisotopic (exact) mass is 314 g/mol. The summed E-state index contributed by atoms with van der Waals surface area (Å²) in [7, 11) is 0. The van der Waals surface area contributed by atoms with Crippen molar-refractivity contribution in [2.45, 2.75) is 26.4 Å². The molecule has 0 aliphatic carbocycles. The van der Waals surface area contributed by atoms with Crippen molar-refractivity contribution in [2.75, 3.05) is 37.7 Å². The molecule has 23 heavy (non-hydrogen) atoms. The molecule has 5 nitrogen and oxygen atoms in total. The van der Waals surface area contributed by atoms with E-state index >= 15 is 0 Å². The van der Waals surface area contributed by atoms with E-state index in [-0.39, 0.29) is 6.61 Å². The standard InChI is InChI=1S/C18H26N4O/c1-16-17(15-22(19-16)12-13-23)14-20-8-5-9-21(11-10-20)18-6-3-2-4-7-18/h2-4,6-7,15,23H,5,8-14H2,1H3. The van der Waals surface area contributed by atoms with Crippen LogP contribution in [0.5, 0.6) is 0 Å². The van der Waals surface area contributed by atoms with Crippen LogP contribution in [0.25, 0.3) is 0 Å². The topological polar surface area (TPSA) is 44.5 Å². The summed E-state index contributed by atoms with van der Waals surface area (Å²) in [5.74, 6) is 0. The Hall–Kier alpha value is -1.85. The maximum atomic E-state index is 9.04. The van der Waals surface area contributed by atoms with Crippen molar-refractivity contribution in [3.05, 3.63) is 47.8 Å². The van der Waals surface area contributed by atoms with Gasteiger partial charge in [0.05, 0.1) is 18.8 Å². The van der Waals surface area contributed by atoms with Gasteiger partial charge >= 0.3 is 0 Å². The molecule has 2 aromatic rings. The van der Waals surface area contributed by atoms with Crippen LogP contribution >= 0.6 is 0 Å². The van der Waals surface area contributed by atoms with Gasteiger partial charge in [-0.25, -0.2) is 0 Å². The summed E-state index contributed by atoms with van der Waals surface area (Å²) in [5.41, 5.74) is 3.66. The molecule has 1 aliphatic rings. The lowest BCUT2D eigenvalue weighted by molar-refractivity contribution is 0.268. The molecule has 0 unspecified atom stereocenters. The molecule has 0 amide bonds. The summed E-state index contributed by atoms with van der Waals surface area (Å²) in [6.07, 6.45) is 3.25. The number of aliphatic hydroxyl groups excluding tert-OH is 1. The molecular weight excluding hydrogens is 288 g/mol. The highest BCUT2D eigenvalue weighted by atomic mass is 16.3. The van der Waals surface area contributed by atoms with Gasteiger partial charge in [-0.2, -0.15) is 5.10 Å². The molecule has 0 radical (unpaired) electrons. The Bertz CT molecular complexity index is 611. The zero-order valence-electron chi connectivity index (χ0n) is 13.9. The Labute approximate surface area is 138 Å². The van der Waals surface area contributed by atoms with E-state index < -0.39 is 0 Å². The fourth-order valence-electron chi connectivity index (χ4n) is 3.20. The smallest absolute Gasteiger partial charge is 0.0641 e. The van der Waals surface area contributed by atoms with Gasteiger partial charge in [0.25, 0.3) is 0 Å². The number of anilines is 1. The Morgan fingerprint density at radius 2 is 1.91 bits per heavy atom. The van der Waals surface area contributed by atoms with E-state index in [2.05, 4.69) is 58.4 Å². The van der Waals surface area contributed by atoms with E-state index in [1.165, 1.54) is 17.7 Å². The van der Waals surface area contributed by atoms with E-state index in [0.29, 0.717) is 6.54 Å². The van der Waals surface area contributed by atoms with Crippen molar-refractivity contribution in [3.8, 4) is 0 Å². The minimum Gasteiger partial charge on any atom is -0.394 e. The lowest BCUT2D eigenvalue weighted by Gasteiger charge is -2.23. The quantitative estimate of drug-likeness (QED) is 0.915. The zero-order chi connectivity index (χ0) is 16.1. The van der Waals surface area contributed by atoms with Gasteiger partial charge in [-0.05, 0) is 25.5 Å². The number of aromatic nitrogens is 2. The number of hydrogen-bond acceptors (Lipinski definition) is 4. The fourth-order valence-corrected chi connectivity index (χ4v) is 3.20. The van der Waals surface area contributed by atoms with Crippen molar-refractivity contribution < 1.29 is 5.11 Å². The first-order valence-corrected chi connectivity index (χ1v) is 8.42. The van der Waals surface area contributed by atoms with Crippen molar-refractivity contribution in [2.24, 2.45) is 0 Å². The van der Waals surface area contributed by atoms with Crippen LogP contribution in [0, 0.1) is 6.92 Å². The van der Waals surface area contributed by atoms with E-state index in [1.807, 2.05) is 4.68 Å². The number of aryl methyl sites for hydroxylation is 1. The second kappa shape index (κ2) is 7.62. The van der Waals surface area contributed by atoms with Gasteiger partial charge in [-0.15, -0.1) is 0 Å². The van der Waals surface area contributed by atoms with Crippen molar-refractivity contribution in [1.82, 2.24) is 14.7 Å². The maximum Gasteiger partial charge on any atom is 0.0641 e. The number of nitrogens with zero attached hydrogens (tertiary/aromatic N) is 4. The summed E-state index contributed by atoms with van der Waals surface area (Å²) < 4.78 is 1.85. The molecule has 1 saturated heterocycles. The van der Waals surface area contributed by atoms with Crippen LogP contribution in [0.3, 0.4) is 0 Å². The minimum atomic E-state index is 0.135. The Balaban J connectivity index is 1.60. The molecular formula is C18H26N4O. The number of hydrogen-bond donors (Lipinski definition) is 1. The first-order chi connectivity index (χ1) is 11.3. The van der Waals surface area contributed by atoms with E-state index in [9.17, 15) is 0 Å². The highest BCUT2D eigenvalue weighted by molar-refractivity contribution is 5.46. The van der Waals surface area contributed by atoms with Gasteiger partial charge < -0.3 is 10.0 Å². The number of benzene rings is 1. The Morgan fingerprint density at radius 1 is 1.09 bits per heavy atom. The number of aliphatic hydroxyl groups is 1. The van der Waals surface area contributed by atoms with Crippen molar-refractivity contribution in [1.29, 1.82) is 0 Å². The molecule has 0 saturated carbocycles. The predicted molar refractivity (Wildman–Crippen MR) is 92.6 cm³/mol. The summed E-state index contributed by atoms with van der Waals surface area (Å²) >= 11 is 0. The summed E-state index contributed by atoms with van der Waals surface area (Å²) in [4.78, 5) is 4.98. The van der Waals surface area contributed by atoms with Crippen LogP contribution in [-0.4, -0.2) is 52.6 Å². The Kier molecular flexibility index (Phi) is 5.31. The summed E-state index contributed by atoms with van der Waals surface area (Å²) in [5, 5.41) is 13.5. The van der Waals surface area contributed by atoms with Crippen LogP contribution < -0.4 is 4.90 Å². The summed E-state index contributed by atoms with van der Waals surface area (Å²) in [6.45, 7) is 8.07. The zero-order valence-corrected chi connectivity index (χ0v) is 13.9. The first kappa shape index (κ1) is 16.0. The Morgan fingerprint density at radius 3 is 2.70 bits per heavy atom. The van der Waals surface area contributed by atoms with Gasteiger partial charge in [0.1, 0.15) is 0 Å². The van der Waals surface area contributed by atoms with E-state index in [1.54, 1.807) is 0 Å². The predicted octanol–water partition coefficient (Wildman–Crippen LogP) is 1.90. The third-order valence-corrected chi connectivity index (χ3v) is 4.48. The van der Waals surface area contributed by atoms with Crippen LogP contribution in [0.1, 0.15) is 17.7 Å². The van der Waals surface area contributed by atoms with Crippen molar-refractivity contribution in [3.63, 3.8) is 0 Å². The molecule has 0 atom stereocenters. The van der Waals surface area contributed by atoms with Crippen LogP contribution in [0.2, 0.25) is 0 Å². The van der Waals surface area contributed by atoms with Gasteiger partial charge in [-0.1, -0.05) is 18.2 Å². The van der Waals surface area contributed by atoms with E-state index in [0.717, 1.165) is 38.4 Å². The highest BCUT2D eigenvalue weighted by Gasteiger charge is 2.16. The molecule has 1 aromatic heterocycles. The van der Waals surface area contributed by atoms with Gasteiger partial charge in [-0.3, -0.25) is 9.58 Å². The first-order valence-electron chi connectivity index (χ1n) is 8.42. The molecule has 3 rings (SSSR count). The molecule has 124 valence electrons. The third-order valence-electron chi connectivity index (χ3n) is 4.48. The van der Waals surface area contributed by atoms with Crippen molar-refractivity contribution >= 4 is 5.69 Å². The molecule has 1 fully saturated rings. The highest BCUT2D eigenvalue weighted by Crippen LogP contribution is 2.17. The van der Waals surface area contributed by atoms with Gasteiger partial charge in [0.2, 0.25) is 0 Å². The molecule has 0 bridgehead atoms. The average Bonchev–Trinajstić information content (AvgIpc) is 2.76. The lowest BCUT2D eigenvalue weighted by atomic mass is 10.2. The maximum absolute atomic E-state index is 9.04. The normalized spacial score (nSPS) is 16.5. The molecule has 1 aromatic carbocycles. The molecule has 2 heterocycles.